The number of hydrogen-bond acceptors (Lipinski definition) is 6. The maximum atomic E-state index is 13.1. The number of H-pyrrole nitrogens is 1. The molecule has 2 heterocycles. The fraction of sp³-hybridized carbons (Fsp3) is 0.556. The van der Waals surface area contributed by atoms with Crippen molar-refractivity contribution in [3.05, 3.63) is 32.9 Å². The predicted molar refractivity (Wildman–Crippen MR) is 54.3 cm³/mol. The van der Waals surface area contributed by atoms with Gasteiger partial charge in [-0.3, -0.25) is 4.79 Å². The standard InChI is InChI=1S/C9H11FN2O6/c10-3-1-11-9(17)12(7(3)16)8-6(15)5(14)4(2-13)18-8/h1,4-6,8,13-15H,2H2,(H,11,17)/t4-,5+,6-,8+/m0/s1. The van der Waals surface area contributed by atoms with Gasteiger partial charge < -0.3 is 25.0 Å². The molecule has 18 heavy (non-hydrogen) atoms. The molecule has 0 aliphatic carbocycles. The highest BCUT2D eigenvalue weighted by molar-refractivity contribution is 4.94. The van der Waals surface area contributed by atoms with Crippen molar-refractivity contribution in [2.75, 3.05) is 6.61 Å². The Morgan fingerprint density at radius 1 is 1.39 bits per heavy atom. The van der Waals surface area contributed by atoms with Gasteiger partial charge in [-0.15, -0.1) is 0 Å². The Kier molecular flexibility index (Phi) is 3.30. The number of halogens is 1. The zero-order chi connectivity index (χ0) is 13.4. The summed E-state index contributed by atoms with van der Waals surface area (Å²) in [5, 5.41) is 28.0. The van der Waals surface area contributed by atoms with Crippen molar-refractivity contribution in [3.8, 4) is 0 Å². The number of aliphatic hydroxyl groups excluding tert-OH is 3. The summed E-state index contributed by atoms with van der Waals surface area (Å²) in [6.45, 7) is -0.614. The molecule has 9 heteroatoms. The second kappa shape index (κ2) is 4.61. The molecular formula is C9H11FN2O6. The van der Waals surface area contributed by atoms with E-state index in [2.05, 4.69) is 0 Å². The zero-order valence-corrected chi connectivity index (χ0v) is 8.99. The van der Waals surface area contributed by atoms with Crippen LogP contribution in [0.15, 0.2) is 15.8 Å². The average molecular weight is 262 g/mol. The smallest absolute Gasteiger partial charge is 0.330 e. The van der Waals surface area contributed by atoms with Crippen molar-refractivity contribution in [3.63, 3.8) is 0 Å². The van der Waals surface area contributed by atoms with Gasteiger partial charge in [-0.2, -0.15) is 4.39 Å². The van der Waals surface area contributed by atoms with Gasteiger partial charge in [0.25, 0.3) is 5.56 Å². The lowest BCUT2D eigenvalue weighted by Crippen LogP contribution is -2.43. The molecule has 1 fully saturated rings. The highest BCUT2D eigenvalue weighted by Crippen LogP contribution is 2.27. The lowest BCUT2D eigenvalue weighted by Gasteiger charge is -2.15. The molecule has 1 aliphatic rings. The number of hydrogen-bond donors (Lipinski definition) is 4. The van der Waals surface area contributed by atoms with Crippen molar-refractivity contribution >= 4 is 0 Å². The van der Waals surface area contributed by atoms with E-state index in [0.717, 1.165) is 0 Å². The molecule has 0 saturated carbocycles. The minimum Gasteiger partial charge on any atom is -0.394 e. The van der Waals surface area contributed by atoms with E-state index in [4.69, 9.17) is 9.84 Å². The van der Waals surface area contributed by atoms with Crippen LogP contribution in [0.5, 0.6) is 0 Å². The first-order valence-corrected chi connectivity index (χ1v) is 5.09. The Labute approximate surface area is 98.9 Å². The number of aliphatic hydroxyl groups is 3. The molecule has 1 saturated heterocycles. The predicted octanol–water partition coefficient (Wildman–Crippen LogP) is -2.71. The van der Waals surface area contributed by atoms with Crippen LogP contribution < -0.4 is 11.2 Å². The van der Waals surface area contributed by atoms with Crippen molar-refractivity contribution < 1.29 is 24.4 Å². The maximum Gasteiger partial charge on any atom is 0.330 e. The number of ether oxygens (including phenoxy) is 1. The molecular weight excluding hydrogens is 251 g/mol. The van der Waals surface area contributed by atoms with Crippen molar-refractivity contribution in [1.82, 2.24) is 9.55 Å². The zero-order valence-electron chi connectivity index (χ0n) is 8.99. The van der Waals surface area contributed by atoms with Crippen LogP contribution in [0.3, 0.4) is 0 Å². The lowest BCUT2D eigenvalue weighted by atomic mass is 10.1. The molecule has 0 amide bonds. The summed E-state index contributed by atoms with van der Waals surface area (Å²) in [5.41, 5.74) is -2.27. The normalized spacial score (nSPS) is 31.8. The van der Waals surface area contributed by atoms with Gasteiger partial charge in [0.15, 0.2) is 6.23 Å². The average Bonchev–Trinajstić information content (AvgIpc) is 2.62. The summed E-state index contributed by atoms with van der Waals surface area (Å²) in [5.74, 6) is -1.23. The minimum absolute atomic E-state index is 0.318. The highest BCUT2D eigenvalue weighted by Gasteiger charge is 2.44. The summed E-state index contributed by atoms with van der Waals surface area (Å²) in [7, 11) is 0. The molecule has 2 rings (SSSR count). The molecule has 100 valence electrons. The van der Waals surface area contributed by atoms with E-state index in [-0.39, 0.29) is 0 Å². The first-order valence-electron chi connectivity index (χ1n) is 5.09. The van der Waals surface area contributed by atoms with Gasteiger partial charge in [-0.05, 0) is 0 Å². The van der Waals surface area contributed by atoms with Crippen LogP contribution in [-0.2, 0) is 4.74 Å². The van der Waals surface area contributed by atoms with Crippen LogP contribution in [0.4, 0.5) is 4.39 Å². The third-order valence-corrected chi connectivity index (χ3v) is 2.74. The summed E-state index contributed by atoms with van der Waals surface area (Å²) in [6.07, 6.45) is -5.22. The van der Waals surface area contributed by atoms with Crippen LogP contribution in [0.25, 0.3) is 0 Å². The Balaban J connectivity index is 2.48. The molecule has 1 aromatic rings. The third-order valence-electron chi connectivity index (χ3n) is 2.74. The molecule has 4 N–H and O–H groups in total. The Morgan fingerprint density at radius 2 is 2.06 bits per heavy atom. The maximum absolute atomic E-state index is 13.1. The van der Waals surface area contributed by atoms with Gasteiger partial charge in [-0.25, -0.2) is 9.36 Å². The van der Waals surface area contributed by atoms with E-state index in [1.165, 1.54) is 0 Å². The fourth-order valence-electron chi connectivity index (χ4n) is 1.79. The van der Waals surface area contributed by atoms with Crippen LogP contribution >= 0.6 is 0 Å². The largest absolute Gasteiger partial charge is 0.394 e. The van der Waals surface area contributed by atoms with Crippen molar-refractivity contribution in [2.24, 2.45) is 0 Å². The number of nitrogens with one attached hydrogen (secondary N) is 1. The molecule has 0 aromatic carbocycles. The topological polar surface area (TPSA) is 125 Å². The first-order chi connectivity index (χ1) is 8.47. The highest BCUT2D eigenvalue weighted by atomic mass is 19.1. The monoisotopic (exact) mass is 262 g/mol. The van der Waals surface area contributed by atoms with Gasteiger partial charge in [0.2, 0.25) is 5.82 Å². The van der Waals surface area contributed by atoms with Crippen LogP contribution in [0.1, 0.15) is 6.23 Å². The van der Waals surface area contributed by atoms with E-state index in [1.54, 1.807) is 0 Å². The summed E-state index contributed by atoms with van der Waals surface area (Å²) >= 11 is 0. The Hall–Kier alpha value is -1.55. The van der Waals surface area contributed by atoms with Gasteiger partial charge in [0, 0.05) is 6.20 Å². The van der Waals surface area contributed by atoms with Gasteiger partial charge in [-0.1, -0.05) is 0 Å². The van der Waals surface area contributed by atoms with E-state index in [0.29, 0.717) is 10.8 Å². The molecule has 0 bridgehead atoms. The van der Waals surface area contributed by atoms with Crippen molar-refractivity contribution in [1.29, 1.82) is 0 Å². The van der Waals surface area contributed by atoms with E-state index in [9.17, 15) is 24.2 Å². The molecule has 1 aromatic heterocycles. The summed E-state index contributed by atoms with van der Waals surface area (Å²) in [4.78, 5) is 24.8. The van der Waals surface area contributed by atoms with Crippen LogP contribution in [-0.4, -0.2) is 49.8 Å². The molecule has 1 aliphatic heterocycles. The number of aromatic amines is 1. The van der Waals surface area contributed by atoms with Gasteiger partial charge in [0.1, 0.15) is 18.3 Å². The Bertz CT molecular complexity index is 555. The first kappa shape index (κ1) is 12.9. The molecule has 0 spiro atoms. The molecule has 0 radical (unpaired) electrons. The second-order valence-electron chi connectivity index (χ2n) is 3.85. The fourth-order valence-corrected chi connectivity index (χ4v) is 1.79. The number of nitrogens with zero attached hydrogens (tertiary/aromatic N) is 1. The Morgan fingerprint density at radius 3 is 2.61 bits per heavy atom. The number of aromatic nitrogens is 2. The van der Waals surface area contributed by atoms with Gasteiger partial charge in [0.05, 0.1) is 6.61 Å². The number of rotatable bonds is 2. The summed E-state index contributed by atoms with van der Waals surface area (Å²) < 4.78 is 18.3. The minimum atomic E-state index is -1.62. The summed E-state index contributed by atoms with van der Waals surface area (Å²) in [6, 6.07) is 0. The molecule has 8 nitrogen and oxygen atoms in total. The lowest BCUT2D eigenvalue weighted by molar-refractivity contribution is -0.0569. The third kappa shape index (κ3) is 1.86. The second-order valence-corrected chi connectivity index (χ2v) is 3.85. The van der Waals surface area contributed by atoms with Crippen molar-refractivity contribution in [2.45, 2.75) is 24.5 Å². The van der Waals surface area contributed by atoms with Crippen LogP contribution in [0, 0.1) is 5.82 Å². The van der Waals surface area contributed by atoms with E-state index in [1.807, 2.05) is 4.98 Å². The van der Waals surface area contributed by atoms with E-state index >= 15 is 0 Å². The quantitative estimate of drug-likeness (QED) is 0.459. The van der Waals surface area contributed by atoms with E-state index < -0.39 is 48.2 Å². The van der Waals surface area contributed by atoms with Crippen LogP contribution in [0.2, 0.25) is 0 Å². The SMILES string of the molecule is O=c1[nH]cc(F)c(=O)n1[C@@H]1O[C@@H](CO)[C@@H](O)[C@@H]1O. The van der Waals surface area contributed by atoms with Gasteiger partial charge >= 0.3 is 5.69 Å². The molecule has 0 unspecified atom stereocenters. The molecule has 4 atom stereocenters.